The van der Waals surface area contributed by atoms with E-state index in [0.717, 1.165) is 73.3 Å². The fourth-order valence-corrected chi connectivity index (χ4v) is 6.96. The lowest BCUT2D eigenvalue weighted by molar-refractivity contribution is -0.123. The quantitative estimate of drug-likeness (QED) is 0.0831. The third-order valence-corrected chi connectivity index (χ3v) is 10.1. The second kappa shape index (κ2) is 19.6. The maximum absolute atomic E-state index is 12.2. The number of hydrogen-bond donors (Lipinski definition) is 0. The number of Topliss-reactive ketones (excluding diaryl/α,β-unsaturated/α-hetero) is 1. The van der Waals surface area contributed by atoms with Crippen molar-refractivity contribution in [3.05, 3.63) is 57.6 Å². The number of hydrogen-bond acceptors (Lipinski definition) is 7. The first-order chi connectivity index (χ1) is 20.0. The van der Waals surface area contributed by atoms with E-state index in [1.54, 1.807) is 24.5 Å². The van der Waals surface area contributed by atoms with Gasteiger partial charge in [0.05, 0.1) is 4.90 Å². The van der Waals surface area contributed by atoms with Gasteiger partial charge in [-0.05, 0) is 66.6 Å². The van der Waals surface area contributed by atoms with Crippen molar-refractivity contribution in [3.8, 4) is 5.75 Å². The molecule has 0 spiro atoms. The van der Waals surface area contributed by atoms with Crippen molar-refractivity contribution in [3.63, 3.8) is 0 Å². The fraction of sp³-hybridized carbons (Fsp3) is 0.533. The average molecular weight is 745 g/mol. The number of carbonyl (C=O) groups excluding carboxylic acids is 2. The van der Waals surface area contributed by atoms with Crippen LogP contribution in [0.15, 0.2) is 41.3 Å². The molecule has 234 valence electrons. The molecule has 42 heavy (non-hydrogen) atoms. The minimum atomic E-state index is -3.26. The Kier molecular flexibility index (Phi) is 17.4. The lowest BCUT2D eigenvalue weighted by Crippen LogP contribution is -2.19. The Labute approximate surface area is 277 Å². The van der Waals surface area contributed by atoms with Crippen molar-refractivity contribution < 1.29 is 27.2 Å². The molecule has 0 aromatic heterocycles. The average Bonchev–Trinajstić information content (AvgIpc) is 2.98. The molecule has 12 heteroatoms. The van der Waals surface area contributed by atoms with Gasteiger partial charge in [0.25, 0.3) is 0 Å². The van der Waals surface area contributed by atoms with Gasteiger partial charge in [0.2, 0.25) is 5.24 Å². The highest BCUT2D eigenvalue weighted by Gasteiger charge is 2.22. The Morgan fingerprint density at radius 1 is 0.881 bits per heavy atom. The zero-order valence-electron chi connectivity index (χ0n) is 23.9. The summed E-state index contributed by atoms with van der Waals surface area (Å²) < 4.78 is 27.6. The van der Waals surface area contributed by atoms with Crippen LogP contribution in [0.25, 0.3) is 0 Å². The van der Waals surface area contributed by atoms with Crippen LogP contribution in [0, 0.1) is 11.8 Å². The van der Waals surface area contributed by atoms with Crippen LogP contribution in [-0.2, 0) is 35.5 Å². The molecule has 2 aliphatic carbocycles. The van der Waals surface area contributed by atoms with E-state index in [0.29, 0.717) is 22.2 Å². The first-order valence-electron chi connectivity index (χ1n) is 13.9. The maximum Gasteiger partial charge on any atom is 0.224 e. The van der Waals surface area contributed by atoms with Gasteiger partial charge in [-0.25, -0.2) is 8.42 Å². The van der Waals surface area contributed by atoms with E-state index in [1.807, 2.05) is 6.07 Å². The van der Waals surface area contributed by atoms with Crippen LogP contribution < -0.4 is 4.89 Å². The number of sulfone groups is 1. The molecule has 0 aliphatic heterocycles. The summed E-state index contributed by atoms with van der Waals surface area (Å²) in [6.07, 6.45) is 14.3. The Bertz CT molecular complexity index is 1260. The van der Waals surface area contributed by atoms with Crippen LogP contribution in [-0.4, -0.2) is 32.0 Å². The number of halogens is 4. The third-order valence-electron chi connectivity index (χ3n) is 7.17. The molecule has 0 saturated heterocycles. The van der Waals surface area contributed by atoms with Crippen LogP contribution in [0.4, 0.5) is 0 Å². The largest absolute Gasteiger partial charge is 0.325 e. The SMILES string of the molecule is CS(=O)(=O)c1ccc(CC(=O)C2CCCCC2)c(Cl)c1.CSOOc1ccc(CBr)c(Cl)c1.O=C(Cl)C1CCCCC1. The number of ketones is 1. The topological polar surface area (TPSA) is 86.7 Å². The van der Waals surface area contributed by atoms with E-state index in [-0.39, 0.29) is 27.8 Å². The molecule has 0 heterocycles. The van der Waals surface area contributed by atoms with Gasteiger partial charge in [-0.2, -0.15) is 0 Å². The van der Waals surface area contributed by atoms with Crippen molar-refractivity contribution in [1.82, 2.24) is 0 Å². The molecule has 0 N–H and O–H groups in total. The third kappa shape index (κ3) is 13.4. The molecular formula is C30H38BrCl3O6S2. The Balaban J connectivity index is 0.000000240. The zero-order valence-corrected chi connectivity index (χ0v) is 29.4. The zero-order chi connectivity index (χ0) is 31.1. The van der Waals surface area contributed by atoms with Crippen molar-refractivity contribution in [1.29, 1.82) is 0 Å². The molecule has 0 radical (unpaired) electrons. The molecule has 6 nitrogen and oxygen atoms in total. The fourth-order valence-electron chi connectivity index (χ4n) is 4.75. The second-order valence-corrected chi connectivity index (χ2v) is 14.6. The molecular weight excluding hydrogens is 707 g/mol. The Morgan fingerprint density at radius 3 is 1.88 bits per heavy atom. The molecule has 2 aromatic carbocycles. The highest BCUT2D eigenvalue weighted by molar-refractivity contribution is 9.08. The smallest absolute Gasteiger partial charge is 0.224 e. The van der Waals surface area contributed by atoms with E-state index in [2.05, 4.69) is 15.9 Å². The molecule has 2 aromatic rings. The summed E-state index contributed by atoms with van der Waals surface area (Å²) in [6, 6.07) is 10.0. The van der Waals surface area contributed by atoms with E-state index in [4.69, 9.17) is 44.0 Å². The molecule has 0 unspecified atom stereocenters. The molecule has 2 aliphatic rings. The number of benzene rings is 2. The standard InChI is InChI=1S/C15H19ClO3S.C8H8BrClO2S.C7H11ClO/c1-20(18,19)13-8-7-12(14(16)10-13)9-15(17)11-5-3-2-4-6-11;1-13-12-11-7-3-2-6(5-9)8(10)4-7;8-7(9)6-4-2-1-3-5-6/h7-8,10-11H,2-6,9H2,1H3;2-4H,5H2,1H3;6H,1-5H2. The van der Waals surface area contributed by atoms with Crippen LogP contribution >= 0.6 is 62.8 Å². The van der Waals surface area contributed by atoms with Crippen LogP contribution in [0.5, 0.6) is 5.75 Å². The van der Waals surface area contributed by atoms with Crippen molar-refractivity contribution in [2.75, 3.05) is 12.5 Å². The first kappa shape index (κ1) is 37.4. The van der Waals surface area contributed by atoms with E-state index < -0.39 is 9.84 Å². The van der Waals surface area contributed by atoms with Gasteiger partial charge in [-0.3, -0.25) is 9.59 Å². The van der Waals surface area contributed by atoms with Crippen molar-refractivity contribution in [2.45, 2.75) is 80.9 Å². The van der Waals surface area contributed by atoms with Crippen molar-refractivity contribution >= 4 is 83.6 Å². The predicted molar refractivity (Wildman–Crippen MR) is 177 cm³/mol. The van der Waals surface area contributed by atoms with Crippen LogP contribution in [0.2, 0.25) is 10.0 Å². The molecule has 2 fully saturated rings. The summed E-state index contributed by atoms with van der Waals surface area (Å²) in [5, 5.41) is 1.63. The summed E-state index contributed by atoms with van der Waals surface area (Å²) >= 11 is 21.8. The first-order valence-corrected chi connectivity index (χ1v) is 19.2. The molecule has 0 bridgehead atoms. The summed E-state index contributed by atoms with van der Waals surface area (Å²) in [7, 11) is -3.26. The lowest BCUT2D eigenvalue weighted by atomic mass is 9.84. The lowest BCUT2D eigenvalue weighted by Gasteiger charge is -2.20. The normalized spacial score (nSPS) is 16.0. The summed E-state index contributed by atoms with van der Waals surface area (Å²) in [5.74, 6) is 1.15. The summed E-state index contributed by atoms with van der Waals surface area (Å²) in [4.78, 5) is 27.9. The minimum absolute atomic E-state index is 0.130. The highest BCUT2D eigenvalue weighted by atomic mass is 79.9. The van der Waals surface area contributed by atoms with Crippen LogP contribution in [0.3, 0.4) is 0 Å². The van der Waals surface area contributed by atoms with Gasteiger partial charge in [0, 0.05) is 64.3 Å². The van der Waals surface area contributed by atoms with Gasteiger partial charge < -0.3 is 4.89 Å². The number of rotatable bonds is 9. The number of alkyl halides is 1. The minimum Gasteiger partial charge on any atom is -0.325 e. The van der Waals surface area contributed by atoms with Gasteiger partial charge in [-0.15, -0.1) is 4.33 Å². The van der Waals surface area contributed by atoms with Gasteiger partial charge in [0.15, 0.2) is 15.6 Å². The molecule has 0 atom stereocenters. The monoisotopic (exact) mass is 742 g/mol. The Hall–Kier alpha value is -0.810. The summed E-state index contributed by atoms with van der Waals surface area (Å²) in [5.41, 5.74) is 1.74. The van der Waals surface area contributed by atoms with E-state index in [1.165, 1.54) is 37.8 Å². The van der Waals surface area contributed by atoms with Crippen LogP contribution in [0.1, 0.15) is 75.3 Å². The van der Waals surface area contributed by atoms with Gasteiger partial charge >= 0.3 is 0 Å². The van der Waals surface area contributed by atoms with Gasteiger partial charge in [0.1, 0.15) is 5.78 Å². The summed E-state index contributed by atoms with van der Waals surface area (Å²) in [6.45, 7) is 0. The maximum atomic E-state index is 12.2. The van der Waals surface area contributed by atoms with E-state index in [9.17, 15) is 18.0 Å². The molecule has 4 rings (SSSR count). The van der Waals surface area contributed by atoms with Crippen molar-refractivity contribution in [2.24, 2.45) is 11.8 Å². The van der Waals surface area contributed by atoms with E-state index >= 15 is 0 Å². The number of carbonyl (C=O) groups is 2. The van der Waals surface area contributed by atoms with Gasteiger partial charge in [-0.1, -0.05) is 89.8 Å². The highest BCUT2D eigenvalue weighted by Crippen LogP contribution is 2.28. The second-order valence-electron chi connectivity index (χ2n) is 10.3. The predicted octanol–water partition coefficient (Wildman–Crippen LogP) is 9.59. The molecule has 0 amide bonds. The molecule has 2 saturated carbocycles. The Morgan fingerprint density at radius 2 is 1.43 bits per heavy atom.